The van der Waals surface area contributed by atoms with Crippen LogP contribution < -0.4 is 19.5 Å². The van der Waals surface area contributed by atoms with Gasteiger partial charge in [0.05, 0.1) is 24.2 Å². The molecule has 0 aliphatic carbocycles. The van der Waals surface area contributed by atoms with E-state index in [0.29, 0.717) is 24.7 Å². The average Bonchev–Trinajstić information content (AvgIpc) is 2.69. The van der Waals surface area contributed by atoms with Crippen LogP contribution in [-0.4, -0.2) is 34.1 Å². The summed E-state index contributed by atoms with van der Waals surface area (Å²) in [6, 6.07) is 11.2. The molecule has 29 heavy (non-hydrogen) atoms. The van der Waals surface area contributed by atoms with Gasteiger partial charge in [-0.15, -0.1) is 0 Å². The first-order valence-electron chi connectivity index (χ1n) is 9.62. The Hall–Kier alpha value is -2.58. The molecule has 0 aromatic heterocycles. The van der Waals surface area contributed by atoms with Crippen LogP contribution in [0.15, 0.2) is 47.4 Å². The molecule has 8 heteroatoms. The Kier molecular flexibility index (Phi) is 8.04. The third-order valence-electron chi connectivity index (χ3n) is 4.16. The Balaban J connectivity index is 2.20. The second-order valence-corrected chi connectivity index (χ2v) is 8.06. The van der Waals surface area contributed by atoms with E-state index in [1.54, 1.807) is 19.1 Å². The van der Waals surface area contributed by atoms with Gasteiger partial charge in [0.15, 0.2) is 11.5 Å². The summed E-state index contributed by atoms with van der Waals surface area (Å²) >= 11 is 0. The van der Waals surface area contributed by atoms with Gasteiger partial charge in [0.25, 0.3) is 5.91 Å². The molecule has 2 aromatic rings. The average molecular weight is 421 g/mol. The van der Waals surface area contributed by atoms with Crippen molar-refractivity contribution in [3.8, 4) is 11.5 Å². The lowest BCUT2D eigenvalue weighted by atomic mass is 10.1. The van der Waals surface area contributed by atoms with Gasteiger partial charge in [-0.3, -0.25) is 4.79 Å². The fourth-order valence-electron chi connectivity index (χ4n) is 2.78. The predicted octanol–water partition coefficient (Wildman–Crippen LogP) is 3.27. The van der Waals surface area contributed by atoms with Gasteiger partial charge in [0, 0.05) is 12.1 Å². The standard InChI is InChI=1S/C21H28N2O5S/c1-5-22-29(25,26)18-10-8-9-17(13-18)21(24)23-15(4)16-11-12-19(27-6-2)20(14-16)28-7-3/h8-15,22H,5-7H2,1-4H3,(H,23,24). The number of benzene rings is 2. The topological polar surface area (TPSA) is 93.7 Å². The van der Waals surface area contributed by atoms with Crippen molar-refractivity contribution in [3.05, 3.63) is 53.6 Å². The van der Waals surface area contributed by atoms with Gasteiger partial charge in [-0.25, -0.2) is 13.1 Å². The first-order chi connectivity index (χ1) is 13.8. The predicted molar refractivity (Wildman–Crippen MR) is 112 cm³/mol. The Morgan fingerprint density at radius 1 is 1.00 bits per heavy atom. The first kappa shape index (κ1) is 22.7. The zero-order chi connectivity index (χ0) is 21.4. The van der Waals surface area contributed by atoms with Gasteiger partial charge in [-0.05, 0) is 56.7 Å². The normalized spacial score (nSPS) is 12.3. The highest BCUT2D eigenvalue weighted by Crippen LogP contribution is 2.30. The van der Waals surface area contributed by atoms with Gasteiger partial charge in [-0.2, -0.15) is 0 Å². The number of ether oxygens (including phenoxy) is 2. The van der Waals surface area contributed by atoms with Crippen molar-refractivity contribution in [2.24, 2.45) is 0 Å². The highest BCUT2D eigenvalue weighted by atomic mass is 32.2. The number of carbonyl (C=O) groups excluding carboxylic acids is 1. The third-order valence-corrected chi connectivity index (χ3v) is 5.70. The summed E-state index contributed by atoms with van der Waals surface area (Å²) in [5.41, 5.74) is 1.12. The minimum absolute atomic E-state index is 0.0550. The largest absolute Gasteiger partial charge is 0.490 e. The molecule has 7 nitrogen and oxygen atoms in total. The minimum atomic E-state index is -3.63. The summed E-state index contributed by atoms with van der Waals surface area (Å²) in [5.74, 6) is 0.905. The molecular weight excluding hydrogens is 392 g/mol. The molecule has 0 saturated heterocycles. The van der Waals surface area contributed by atoms with Crippen LogP contribution in [0, 0.1) is 0 Å². The number of carbonyl (C=O) groups is 1. The fourth-order valence-corrected chi connectivity index (χ4v) is 3.86. The lowest BCUT2D eigenvalue weighted by molar-refractivity contribution is 0.0939. The van der Waals surface area contributed by atoms with E-state index < -0.39 is 10.0 Å². The molecule has 158 valence electrons. The van der Waals surface area contributed by atoms with Crippen LogP contribution in [-0.2, 0) is 10.0 Å². The Labute approximate surface area is 172 Å². The van der Waals surface area contributed by atoms with E-state index in [0.717, 1.165) is 5.56 Å². The second kappa shape index (κ2) is 10.3. The summed E-state index contributed by atoms with van der Waals surface area (Å²) in [6.45, 7) is 8.63. The maximum Gasteiger partial charge on any atom is 0.251 e. The first-order valence-corrected chi connectivity index (χ1v) is 11.1. The lowest BCUT2D eigenvalue weighted by Crippen LogP contribution is -2.27. The third kappa shape index (κ3) is 5.95. The summed E-state index contributed by atoms with van der Waals surface area (Å²) in [7, 11) is -3.63. The van der Waals surface area contributed by atoms with Crippen molar-refractivity contribution in [3.63, 3.8) is 0 Å². The van der Waals surface area contributed by atoms with Crippen LogP contribution in [0.5, 0.6) is 11.5 Å². The molecule has 0 bridgehead atoms. The molecular formula is C21H28N2O5S. The summed E-state index contributed by atoms with van der Waals surface area (Å²) in [6.07, 6.45) is 0. The van der Waals surface area contributed by atoms with Gasteiger partial charge in [-0.1, -0.05) is 19.1 Å². The van der Waals surface area contributed by atoms with Gasteiger partial charge in [0.2, 0.25) is 10.0 Å². The Bertz CT molecular complexity index is 944. The Morgan fingerprint density at radius 3 is 2.34 bits per heavy atom. The monoisotopic (exact) mass is 420 g/mol. The van der Waals surface area contributed by atoms with Gasteiger partial charge >= 0.3 is 0 Å². The molecule has 0 aliphatic rings. The number of sulfonamides is 1. The molecule has 0 fully saturated rings. The molecule has 0 saturated carbocycles. The van der Waals surface area contributed by atoms with E-state index in [9.17, 15) is 13.2 Å². The molecule has 0 aliphatic heterocycles. The molecule has 2 aromatic carbocycles. The molecule has 1 atom stereocenters. The van der Waals surface area contributed by atoms with E-state index in [1.807, 2.05) is 39.0 Å². The van der Waals surface area contributed by atoms with Crippen LogP contribution in [0.25, 0.3) is 0 Å². The summed E-state index contributed by atoms with van der Waals surface area (Å²) in [5, 5.41) is 2.89. The highest BCUT2D eigenvalue weighted by Gasteiger charge is 2.17. The number of amides is 1. The van der Waals surface area contributed by atoms with Crippen LogP contribution >= 0.6 is 0 Å². The smallest absolute Gasteiger partial charge is 0.251 e. The van der Waals surface area contributed by atoms with Crippen molar-refractivity contribution < 1.29 is 22.7 Å². The molecule has 2 rings (SSSR count). The maximum atomic E-state index is 12.7. The zero-order valence-corrected chi connectivity index (χ0v) is 18.0. The molecule has 1 unspecified atom stereocenters. The van der Waals surface area contributed by atoms with E-state index in [1.165, 1.54) is 12.1 Å². The van der Waals surface area contributed by atoms with E-state index in [2.05, 4.69) is 10.0 Å². The van der Waals surface area contributed by atoms with Crippen molar-refractivity contribution in [1.29, 1.82) is 0 Å². The molecule has 2 N–H and O–H groups in total. The van der Waals surface area contributed by atoms with Crippen molar-refractivity contribution in [2.45, 2.75) is 38.6 Å². The zero-order valence-electron chi connectivity index (χ0n) is 17.2. The van der Waals surface area contributed by atoms with Crippen molar-refractivity contribution >= 4 is 15.9 Å². The number of hydrogen-bond acceptors (Lipinski definition) is 5. The van der Waals surface area contributed by atoms with E-state index in [4.69, 9.17) is 9.47 Å². The van der Waals surface area contributed by atoms with E-state index in [-0.39, 0.29) is 29.0 Å². The van der Waals surface area contributed by atoms with Crippen LogP contribution in [0.3, 0.4) is 0 Å². The quantitative estimate of drug-likeness (QED) is 0.615. The van der Waals surface area contributed by atoms with Crippen LogP contribution in [0.4, 0.5) is 0 Å². The SMILES string of the molecule is CCNS(=O)(=O)c1cccc(C(=O)NC(C)c2ccc(OCC)c(OCC)c2)c1. The molecule has 0 heterocycles. The van der Waals surface area contributed by atoms with E-state index >= 15 is 0 Å². The maximum absolute atomic E-state index is 12.7. The number of nitrogens with one attached hydrogen (secondary N) is 2. The highest BCUT2D eigenvalue weighted by molar-refractivity contribution is 7.89. The fraction of sp³-hybridized carbons (Fsp3) is 0.381. The van der Waals surface area contributed by atoms with Gasteiger partial charge in [0.1, 0.15) is 0 Å². The number of hydrogen-bond donors (Lipinski definition) is 2. The second-order valence-electron chi connectivity index (χ2n) is 6.30. The Morgan fingerprint density at radius 2 is 1.69 bits per heavy atom. The van der Waals surface area contributed by atoms with Crippen molar-refractivity contribution in [1.82, 2.24) is 10.0 Å². The summed E-state index contributed by atoms with van der Waals surface area (Å²) < 4.78 is 38.0. The van der Waals surface area contributed by atoms with Crippen molar-refractivity contribution in [2.75, 3.05) is 19.8 Å². The van der Waals surface area contributed by atoms with Crippen LogP contribution in [0.1, 0.15) is 49.7 Å². The molecule has 0 radical (unpaired) electrons. The van der Waals surface area contributed by atoms with Crippen LogP contribution in [0.2, 0.25) is 0 Å². The lowest BCUT2D eigenvalue weighted by Gasteiger charge is -2.18. The minimum Gasteiger partial charge on any atom is -0.490 e. The number of rotatable bonds is 10. The summed E-state index contributed by atoms with van der Waals surface area (Å²) in [4.78, 5) is 12.7. The molecule has 1 amide bonds. The molecule has 0 spiro atoms. The van der Waals surface area contributed by atoms with Gasteiger partial charge < -0.3 is 14.8 Å².